The van der Waals surface area contributed by atoms with Crippen molar-refractivity contribution < 1.29 is 13.6 Å². The average Bonchev–Trinajstić information content (AvgIpc) is 3.03. The van der Waals surface area contributed by atoms with E-state index in [-0.39, 0.29) is 5.69 Å². The number of methoxy groups -OCH3 is 1. The lowest BCUT2D eigenvalue weighted by Gasteiger charge is -2.01. The highest BCUT2D eigenvalue weighted by molar-refractivity contribution is 5.54. The number of nitrogens with zero attached hydrogens (tertiary/aromatic N) is 2. The standard InChI is InChI=1S/C12H13N3O3/c1-16-6-3-5-14-11-9(8-13)15-12(18-11)10-4-2-7-17-10/h2,4,7,14H,3,5-6H2,1H3. The molecule has 2 heterocycles. The Kier molecular flexibility index (Phi) is 3.99. The van der Waals surface area contributed by atoms with Crippen molar-refractivity contribution in [2.45, 2.75) is 6.42 Å². The van der Waals surface area contributed by atoms with Gasteiger partial charge in [-0.3, -0.25) is 0 Å². The van der Waals surface area contributed by atoms with E-state index >= 15 is 0 Å². The van der Waals surface area contributed by atoms with Gasteiger partial charge in [-0.1, -0.05) is 0 Å². The Hall–Kier alpha value is -2.26. The Labute approximate surface area is 104 Å². The number of nitriles is 1. The van der Waals surface area contributed by atoms with Crippen molar-refractivity contribution in [1.82, 2.24) is 4.98 Å². The fourth-order valence-corrected chi connectivity index (χ4v) is 1.44. The van der Waals surface area contributed by atoms with Crippen LogP contribution in [0.3, 0.4) is 0 Å². The normalized spacial score (nSPS) is 10.2. The number of nitrogens with one attached hydrogen (secondary N) is 1. The molecule has 0 atom stereocenters. The molecule has 0 bridgehead atoms. The number of hydrogen-bond donors (Lipinski definition) is 1. The molecule has 2 rings (SSSR count). The molecule has 2 aromatic rings. The topological polar surface area (TPSA) is 84.2 Å². The Morgan fingerprint density at radius 2 is 2.44 bits per heavy atom. The lowest BCUT2D eigenvalue weighted by atomic mass is 10.4. The lowest BCUT2D eigenvalue weighted by Crippen LogP contribution is -2.04. The third-order valence-electron chi connectivity index (χ3n) is 2.28. The molecule has 18 heavy (non-hydrogen) atoms. The van der Waals surface area contributed by atoms with Gasteiger partial charge in [0.15, 0.2) is 5.76 Å². The van der Waals surface area contributed by atoms with Crippen LogP contribution in [-0.4, -0.2) is 25.2 Å². The van der Waals surface area contributed by atoms with E-state index in [1.165, 1.54) is 6.26 Å². The first-order valence-corrected chi connectivity index (χ1v) is 5.52. The number of rotatable bonds is 6. The summed E-state index contributed by atoms with van der Waals surface area (Å²) in [6, 6.07) is 5.44. The van der Waals surface area contributed by atoms with Gasteiger partial charge in [0.25, 0.3) is 5.89 Å². The van der Waals surface area contributed by atoms with Crippen LogP contribution in [0.2, 0.25) is 0 Å². The predicted molar refractivity (Wildman–Crippen MR) is 63.9 cm³/mol. The monoisotopic (exact) mass is 247 g/mol. The SMILES string of the molecule is COCCCNc1oc(-c2ccco2)nc1C#N. The van der Waals surface area contributed by atoms with Crippen LogP contribution in [0.4, 0.5) is 5.88 Å². The van der Waals surface area contributed by atoms with Crippen molar-refractivity contribution in [3.05, 3.63) is 24.1 Å². The highest BCUT2D eigenvalue weighted by atomic mass is 16.5. The Morgan fingerprint density at radius 1 is 1.56 bits per heavy atom. The third-order valence-corrected chi connectivity index (χ3v) is 2.28. The fourth-order valence-electron chi connectivity index (χ4n) is 1.44. The van der Waals surface area contributed by atoms with Crippen LogP contribution in [0, 0.1) is 11.3 Å². The van der Waals surface area contributed by atoms with E-state index in [0.29, 0.717) is 30.7 Å². The fraction of sp³-hybridized carbons (Fsp3) is 0.333. The van der Waals surface area contributed by atoms with Gasteiger partial charge in [0, 0.05) is 20.3 Å². The molecule has 0 radical (unpaired) electrons. The van der Waals surface area contributed by atoms with Crippen LogP contribution in [0.1, 0.15) is 12.1 Å². The van der Waals surface area contributed by atoms with Gasteiger partial charge in [0.1, 0.15) is 6.07 Å². The van der Waals surface area contributed by atoms with Gasteiger partial charge >= 0.3 is 0 Å². The molecule has 6 nitrogen and oxygen atoms in total. The zero-order chi connectivity index (χ0) is 12.8. The maximum Gasteiger partial charge on any atom is 0.266 e. The van der Waals surface area contributed by atoms with Crippen molar-refractivity contribution >= 4 is 5.88 Å². The molecule has 6 heteroatoms. The molecule has 94 valence electrons. The largest absolute Gasteiger partial charge is 0.459 e. The summed E-state index contributed by atoms with van der Waals surface area (Å²) in [6.45, 7) is 1.30. The van der Waals surface area contributed by atoms with E-state index < -0.39 is 0 Å². The molecular weight excluding hydrogens is 234 g/mol. The summed E-state index contributed by atoms with van der Waals surface area (Å²) < 4.78 is 15.5. The van der Waals surface area contributed by atoms with Gasteiger partial charge in [0.05, 0.1) is 6.26 Å². The van der Waals surface area contributed by atoms with Crippen LogP contribution in [0.15, 0.2) is 27.2 Å². The molecule has 0 aliphatic heterocycles. The average molecular weight is 247 g/mol. The summed E-state index contributed by atoms with van der Waals surface area (Å²) in [5, 5.41) is 12.0. The quantitative estimate of drug-likeness (QED) is 0.788. The molecule has 0 saturated heterocycles. The van der Waals surface area contributed by atoms with E-state index in [1.807, 2.05) is 6.07 Å². The molecular formula is C12H13N3O3. The number of oxazole rings is 1. The minimum absolute atomic E-state index is 0.221. The molecule has 0 spiro atoms. The van der Waals surface area contributed by atoms with Gasteiger partial charge in [-0.25, -0.2) is 0 Å². The molecule has 0 amide bonds. The molecule has 0 aromatic carbocycles. The number of furan rings is 1. The lowest BCUT2D eigenvalue weighted by molar-refractivity contribution is 0.197. The summed E-state index contributed by atoms with van der Waals surface area (Å²) in [5.74, 6) is 1.15. The molecule has 1 N–H and O–H groups in total. The minimum atomic E-state index is 0.221. The van der Waals surface area contributed by atoms with Crippen LogP contribution < -0.4 is 5.32 Å². The summed E-state index contributed by atoms with van der Waals surface area (Å²) >= 11 is 0. The summed E-state index contributed by atoms with van der Waals surface area (Å²) in [6.07, 6.45) is 2.34. The smallest absolute Gasteiger partial charge is 0.266 e. The first-order chi connectivity index (χ1) is 8.85. The molecule has 0 aliphatic carbocycles. The molecule has 0 saturated carbocycles. The van der Waals surface area contributed by atoms with E-state index in [2.05, 4.69) is 10.3 Å². The van der Waals surface area contributed by atoms with Crippen molar-refractivity contribution in [1.29, 1.82) is 5.26 Å². The highest BCUT2D eigenvalue weighted by Crippen LogP contribution is 2.25. The number of aromatic nitrogens is 1. The van der Waals surface area contributed by atoms with E-state index in [0.717, 1.165) is 6.42 Å². The van der Waals surface area contributed by atoms with Gasteiger partial charge in [-0.2, -0.15) is 10.2 Å². The first kappa shape index (κ1) is 12.2. The zero-order valence-corrected chi connectivity index (χ0v) is 9.97. The number of ether oxygens (including phenoxy) is 1. The van der Waals surface area contributed by atoms with Crippen molar-refractivity contribution in [3.63, 3.8) is 0 Å². The van der Waals surface area contributed by atoms with E-state index in [9.17, 15) is 0 Å². The Balaban J connectivity index is 2.08. The van der Waals surface area contributed by atoms with Crippen LogP contribution in [0.25, 0.3) is 11.7 Å². The second kappa shape index (κ2) is 5.89. The summed E-state index contributed by atoms with van der Waals surface area (Å²) in [5.41, 5.74) is 0.221. The molecule has 0 aliphatic rings. The van der Waals surface area contributed by atoms with E-state index in [1.54, 1.807) is 19.2 Å². The zero-order valence-electron chi connectivity index (χ0n) is 9.97. The summed E-state index contributed by atoms with van der Waals surface area (Å²) in [4.78, 5) is 4.05. The van der Waals surface area contributed by atoms with Gasteiger partial charge in [-0.05, 0) is 18.6 Å². The van der Waals surface area contributed by atoms with Crippen molar-refractivity contribution in [2.75, 3.05) is 25.6 Å². The Bertz CT molecular complexity index is 525. The van der Waals surface area contributed by atoms with Crippen molar-refractivity contribution in [2.24, 2.45) is 0 Å². The second-order valence-electron chi connectivity index (χ2n) is 3.56. The van der Waals surface area contributed by atoms with Crippen LogP contribution in [-0.2, 0) is 4.74 Å². The molecule has 0 unspecified atom stereocenters. The maximum atomic E-state index is 8.96. The van der Waals surface area contributed by atoms with Gasteiger partial charge in [0.2, 0.25) is 11.6 Å². The molecule has 2 aromatic heterocycles. The minimum Gasteiger partial charge on any atom is -0.459 e. The van der Waals surface area contributed by atoms with Gasteiger partial charge in [-0.15, -0.1) is 0 Å². The van der Waals surface area contributed by atoms with Crippen LogP contribution in [0.5, 0.6) is 0 Å². The number of hydrogen-bond acceptors (Lipinski definition) is 6. The second-order valence-corrected chi connectivity index (χ2v) is 3.56. The van der Waals surface area contributed by atoms with Crippen molar-refractivity contribution in [3.8, 4) is 17.7 Å². The van der Waals surface area contributed by atoms with Gasteiger partial charge < -0.3 is 18.9 Å². The highest BCUT2D eigenvalue weighted by Gasteiger charge is 2.15. The third kappa shape index (κ3) is 2.70. The number of anilines is 1. The maximum absolute atomic E-state index is 8.96. The van der Waals surface area contributed by atoms with E-state index in [4.69, 9.17) is 18.8 Å². The Morgan fingerprint density at radius 3 is 3.11 bits per heavy atom. The first-order valence-electron chi connectivity index (χ1n) is 5.52. The molecule has 0 fully saturated rings. The predicted octanol–water partition coefficient (Wildman–Crippen LogP) is 2.25. The van der Waals surface area contributed by atoms with Crippen LogP contribution >= 0.6 is 0 Å². The summed E-state index contributed by atoms with van der Waals surface area (Å²) in [7, 11) is 1.64.